The molecule has 0 aliphatic rings. The van der Waals surface area contributed by atoms with Crippen molar-refractivity contribution in [3.63, 3.8) is 0 Å². The van der Waals surface area contributed by atoms with E-state index < -0.39 is 10.0 Å². The zero-order chi connectivity index (χ0) is 20.1. The molecule has 0 spiro atoms. The van der Waals surface area contributed by atoms with Gasteiger partial charge in [-0.3, -0.25) is 0 Å². The topological polar surface area (TPSA) is 65.0 Å². The molecule has 0 amide bonds. The third kappa shape index (κ3) is 4.86. The van der Waals surface area contributed by atoms with Crippen LogP contribution in [0.15, 0.2) is 62.5 Å². The molecule has 0 bridgehead atoms. The quantitative estimate of drug-likeness (QED) is 0.444. The van der Waals surface area contributed by atoms with Gasteiger partial charge in [-0.05, 0) is 47.3 Å². The van der Waals surface area contributed by atoms with Crippen LogP contribution in [0.5, 0.6) is 11.5 Å². The number of nitrogens with zero attached hydrogens (tertiary/aromatic N) is 1. The van der Waals surface area contributed by atoms with Crippen LogP contribution in [-0.4, -0.2) is 21.7 Å². The number of benzene rings is 2. The zero-order valence-electron chi connectivity index (χ0n) is 14.6. The number of rotatable bonds is 7. The first-order valence-electron chi connectivity index (χ1n) is 7.98. The van der Waals surface area contributed by atoms with E-state index in [2.05, 4.69) is 4.40 Å². The van der Waals surface area contributed by atoms with Crippen molar-refractivity contribution in [3.8, 4) is 11.5 Å². The fourth-order valence-corrected chi connectivity index (χ4v) is 4.65. The molecule has 0 saturated heterocycles. The van der Waals surface area contributed by atoms with Crippen LogP contribution in [-0.2, 0) is 16.6 Å². The van der Waals surface area contributed by atoms with Crippen molar-refractivity contribution in [2.75, 3.05) is 7.11 Å². The highest BCUT2D eigenvalue weighted by Gasteiger charge is 2.13. The van der Waals surface area contributed by atoms with Crippen LogP contribution in [0.4, 0.5) is 0 Å². The predicted octanol–water partition coefficient (Wildman–Crippen LogP) is 5.45. The van der Waals surface area contributed by atoms with Crippen LogP contribution in [0.1, 0.15) is 11.1 Å². The molecular weight excluding hydrogens is 441 g/mol. The summed E-state index contributed by atoms with van der Waals surface area (Å²) in [4.78, 5) is 0. The lowest BCUT2D eigenvalue weighted by atomic mass is 10.2. The molecule has 0 fully saturated rings. The molecule has 5 nitrogen and oxygen atoms in total. The lowest BCUT2D eigenvalue weighted by molar-refractivity contribution is 0.284. The van der Waals surface area contributed by atoms with E-state index in [4.69, 9.17) is 32.7 Å². The van der Waals surface area contributed by atoms with Gasteiger partial charge in [0.25, 0.3) is 10.0 Å². The standard InChI is InChI=1S/C19H15Cl2NO4S2/c1-25-18-10-13(11-22-28(23,24)19-6-3-9-27-19)7-8-17(18)26-12-14-15(20)4-2-5-16(14)21/h2-11H,12H2,1H3/b22-11-. The van der Waals surface area contributed by atoms with Crippen molar-refractivity contribution >= 4 is 50.8 Å². The third-order valence-electron chi connectivity index (χ3n) is 3.71. The molecule has 0 radical (unpaired) electrons. The lowest BCUT2D eigenvalue weighted by Gasteiger charge is -2.13. The first-order valence-corrected chi connectivity index (χ1v) is 11.1. The Labute approximate surface area is 177 Å². The molecule has 3 rings (SSSR count). The average Bonchev–Trinajstić information content (AvgIpc) is 3.22. The lowest BCUT2D eigenvalue weighted by Crippen LogP contribution is -2.00. The van der Waals surface area contributed by atoms with Gasteiger partial charge in [0.2, 0.25) is 0 Å². The average molecular weight is 456 g/mol. The summed E-state index contributed by atoms with van der Waals surface area (Å²) in [5.41, 5.74) is 1.22. The van der Waals surface area contributed by atoms with Crippen molar-refractivity contribution in [2.45, 2.75) is 10.8 Å². The number of sulfonamides is 1. The SMILES string of the molecule is COc1cc(/C=N\S(=O)(=O)c2cccs2)ccc1OCc1c(Cl)cccc1Cl. The van der Waals surface area contributed by atoms with Gasteiger partial charge in [-0.25, -0.2) is 0 Å². The maximum absolute atomic E-state index is 12.1. The van der Waals surface area contributed by atoms with Gasteiger partial charge in [-0.2, -0.15) is 12.8 Å². The van der Waals surface area contributed by atoms with Crippen LogP contribution in [0.3, 0.4) is 0 Å². The summed E-state index contributed by atoms with van der Waals surface area (Å²) in [6.45, 7) is 0.162. The summed E-state index contributed by atoms with van der Waals surface area (Å²) >= 11 is 13.4. The Morgan fingerprint density at radius 3 is 2.46 bits per heavy atom. The molecule has 0 aliphatic heterocycles. The smallest absolute Gasteiger partial charge is 0.291 e. The second-order valence-corrected chi connectivity index (χ2v) is 9.16. The van der Waals surface area contributed by atoms with Crippen LogP contribution in [0.25, 0.3) is 0 Å². The van der Waals surface area contributed by atoms with E-state index in [1.54, 1.807) is 47.8 Å². The van der Waals surface area contributed by atoms with Gasteiger partial charge < -0.3 is 9.47 Å². The summed E-state index contributed by atoms with van der Waals surface area (Å²) < 4.78 is 39.3. The predicted molar refractivity (Wildman–Crippen MR) is 113 cm³/mol. The van der Waals surface area contributed by atoms with E-state index in [0.29, 0.717) is 32.7 Å². The van der Waals surface area contributed by atoms with Gasteiger partial charge in [0.05, 0.1) is 7.11 Å². The minimum atomic E-state index is -3.71. The van der Waals surface area contributed by atoms with Crippen molar-refractivity contribution in [1.82, 2.24) is 0 Å². The molecule has 146 valence electrons. The summed E-state index contributed by atoms with van der Waals surface area (Å²) in [6, 6.07) is 13.4. The van der Waals surface area contributed by atoms with Crippen molar-refractivity contribution < 1.29 is 17.9 Å². The van der Waals surface area contributed by atoms with Crippen molar-refractivity contribution in [3.05, 3.63) is 75.1 Å². The Kier molecular flexibility index (Phi) is 6.61. The Morgan fingerprint density at radius 1 is 1.07 bits per heavy atom. The highest BCUT2D eigenvalue weighted by molar-refractivity contribution is 7.92. The zero-order valence-corrected chi connectivity index (χ0v) is 17.8. The van der Waals surface area contributed by atoms with Crippen molar-refractivity contribution in [1.29, 1.82) is 0 Å². The number of hydrogen-bond donors (Lipinski definition) is 0. The number of ether oxygens (including phenoxy) is 2. The molecule has 2 aromatic carbocycles. The molecule has 0 atom stereocenters. The Balaban J connectivity index is 1.78. The van der Waals surface area contributed by atoms with Crippen LogP contribution in [0.2, 0.25) is 10.0 Å². The highest BCUT2D eigenvalue weighted by atomic mass is 35.5. The second-order valence-electron chi connectivity index (χ2n) is 5.54. The summed E-state index contributed by atoms with van der Waals surface area (Å²) in [6.07, 6.45) is 1.27. The number of halogens is 2. The fraction of sp³-hybridized carbons (Fsp3) is 0.105. The fourth-order valence-electron chi connectivity index (χ4n) is 2.30. The molecule has 3 aromatic rings. The van der Waals surface area contributed by atoms with Crippen molar-refractivity contribution in [2.24, 2.45) is 4.40 Å². The Bertz CT molecular complexity index is 1080. The van der Waals surface area contributed by atoms with Crippen LogP contribution >= 0.6 is 34.5 Å². The van der Waals surface area contributed by atoms with Crippen LogP contribution in [0, 0.1) is 0 Å². The number of hydrogen-bond acceptors (Lipinski definition) is 5. The van der Waals surface area contributed by atoms with Gasteiger partial charge in [0.1, 0.15) is 10.8 Å². The molecule has 9 heteroatoms. The van der Waals surface area contributed by atoms with Crippen LogP contribution < -0.4 is 9.47 Å². The summed E-state index contributed by atoms with van der Waals surface area (Å²) in [5, 5.41) is 2.70. The minimum absolute atomic E-state index is 0.162. The number of methoxy groups -OCH3 is 1. The second kappa shape index (κ2) is 8.96. The van der Waals surface area contributed by atoms with E-state index in [1.165, 1.54) is 19.4 Å². The summed E-state index contributed by atoms with van der Waals surface area (Å²) in [5.74, 6) is 0.900. The monoisotopic (exact) mass is 455 g/mol. The third-order valence-corrected chi connectivity index (χ3v) is 7.03. The highest BCUT2D eigenvalue weighted by Crippen LogP contribution is 2.31. The van der Waals surface area contributed by atoms with Gasteiger partial charge in [-0.1, -0.05) is 35.3 Å². The molecule has 1 aromatic heterocycles. The van der Waals surface area contributed by atoms with E-state index in [-0.39, 0.29) is 10.8 Å². The normalized spacial score (nSPS) is 11.7. The van der Waals surface area contributed by atoms with E-state index in [9.17, 15) is 8.42 Å². The maximum atomic E-state index is 12.1. The summed E-state index contributed by atoms with van der Waals surface area (Å²) in [7, 11) is -2.22. The molecule has 0 aliphatic carbocycles. The largest absolute Gasteiger partial charge is 0.493 e. The van der Waals surface area contributed by atoms with Gasteiger partial charge in [0, 0.05) is 21.8 Å². The van der Waals surface area contributed by atoms with Gasteiger partial charge in [-0.15, -0.1) is 11.3 Å². The first kappa shape index (κ1) is 20.7. The van der Waals surface area contributed by atoms with E-state index in [0.717, 1.165) is 11.3 Å². The van der Waals surface area contributed by atoms with Gasteiger partial charge in [0.15, 0.2) is 11.5 Å². The Hall–Kier alpha value is -2.06. The molecule has 0 unspecified atom stereocenters. The molecule has 28 heavy (non-hydrogen) atoms. The van der Waals surface area contributed by atoms with Gasteiger partial charge >= 0.3 is 0 Å². The first-order chi connectivity index (χ1) is 13.4. The maximum Gasteiger partial charge on any atom is 0.291 e. The molecule has 0 saturated carbocycles. The van der Waals surface area contributed by atoms with E-state index in [1.807, 2.05) is 0 Å². The Morgan fingerprint density at radius 2 is 1.82 bits per heavy atom. The molecule has 1 heterocycles. The van der Waals surface area contributed by atoms with E-state index >= 15 is 0 Å². The minimum Gasteiger partial charge on any atom is -0.493 e. The number of thiophene rings is 1. The molecular formula is C19H15Cl2NO4S2. The molecule has 0 N–H and O–H groups in total.